The number of nitrogens with zero attached hydrogens (tertiary/aromatic N) is 2. The van der Waals surface area contributed by atoms with Gasteiger partial charge in [-0.2, -0.15) is 0 Å². The minimum absolute atomic E-state index is 0.489. The van der Waals surface area contributed by atoms with Crippen molar-refractivity contribution in [1.82, 2.24) is 9.88 Å². The summed E-state index contributed by atoms with van der Waals surface area (Å²) in [7, 11) is 0. The van der Waals surface area contributed by atoms with Crippen LogP contribution < -0.4 is 0 Å². The van der Waals surface area contributed by atoms with Gasteiger partial charge in [0.1, 0.15) is 5.03 Å². The minimum Gasteiger partial charge on any atom is -0.292 e. The van der Waals surface area contributed by atoms with Gasteiger partial charge in [-0.05, 0) is 48.7 Å². The number of rotatable bonds is 5. The smallest absolute Gasteiger partial charge is 0.101 e. The molecule has 1 aliphatic heterocycles. The second-order valence-electron chi connectivity index (χ2n) is 6.46. The Labute approximate surface area is 153 Å². The molecule has 2 aromatic carbocycles. The van der Waals surface area contributed by atoms with Crippen LogP contribution in [0, 0.1) is 0 Å². The van der Waals surface area contributed by atoms with Gasteiger partial charge >= 0.3 is 0 Å². The zero-order chi connectivity index (χ0) is 16.9. The molecule has 2 nitrogen and oxygen atoms in total. The zero-order valence-corrected chi connectivity index (χ0v) is 15.0. The van der Waals surface area contributed by atoms with Crippen LogP contribution in [0.3, 0.4) is 0 Å². The van der Waals surface area contributed by atoms with Crippen molar-refractivity contribution < 1.29 is 0 Å². The largest absolute Gasteiger partial charge is 0.292 e. The highest BCUT2D eigenvalue weighted by molar-refractivity contribution is 7.99. The fourth-order valence-corrected chi connectivity index (χ4v) is 4.25. The molecule has 1 aromatic heterocycles. The maximum absolute atomic E-state index is 4.70. The SMILES string of the molecule is c1ccc(CN2CCC[C@@H]2c2ccc(Sc3ccccc3)nc2)cc1. The molecule has 0 saturated carbocycles. The van der Waals surface area contributed by atoms with Gasteiger partial charge in [0.15, 0.2) is 0 Å². The number of benzene rings is 2. The first-order chi connectivity index (χ1) is 12.4. The van der Waals surface area contributed by atoms with Crippen LogP contribution in [0.15, 0.2) is 88.9 Å². The number of hydrogen-bond donors (Lipinski definition) is 0. The van der Waals surface area contributed by atoms with E-state index < -0.39 is 0 Å². The number of pyridine rings is 1. The topological polar surface area (TPSA) is 16.1 Å². The molecular weight excluding hydrogens is 324 g/mol. The quantitative estimate of drug-likeness (QED) is 0.601. The summed E-state index contributed by atoms with van der Waals surface area (Å²) in [6.07, 6.45) is 4.55. The highest BCUT2D eigenvalue weighted by Crippen LogP contribution is 2.34. The standard InChI is InChI=1S/C22H22N2S/c1-3-8-18(9-4-1)17-24-15-7-12-21(24)19-13-14-22(23-16-19)25-20-10-5-2-6-11-20/h1-6,8-11,13-14,16,21H,7,12,15,17H2/t21-/m1/s1. The second-order valence-corrected chi connectivity index (χ2v) is 7.55. The molecule has 0 aliphatic carbocycles. The Morgan fingerprint density at radius 3 is 2.40 bits per heavy atom. The van der Waals surface area contributed by atoms with Crippen molar-refractivity contribution in [2.45, 2.75) is 35.3 Å². The molecule has 1 aliphatic rings. The van der Waals surface area contributed by atoms with Gasteiger partial charge in [0.05, 0.1) is 0 Å². The molecule has 0 N–H and O–H groups in total. The summed E-state index contributed by atoms with van der Waals surface area (Å²) >= 11 is 1.72. The molecule has 0 bridgehead atoms. The van der Waals surface area contributed by atoms with Crippen molar-refractivity contribution in [3.63, 3.8) is 0 Å². The van der Waals surface area contributed by atoms with Gasteiger partial charge in [-0.15, -0.1) is 0 Å². The van der Waals surface area contributed by atoms with Crippen molar-refractivity contribution in [1.29, 1.82) is 0 Å². The monoisotopic (exact) mass is 346 g/mol. The van der Waals surface area contributed by atoms with Crippen LogP contribution >= 0.6 is 11.8 Å². The molecule has 1 saturated heterocycles. The van der Waals surface area contributed by atoms with Gasteiger partial charge in [-0.1, -0.05) is 66.4 Å². The third-order valence-corrected chi connectivity index (χ3v) is 5.66. The lowest BCUT2D eigenvalue weighted by atomic mass is 10.1. The zero-order valence-electron chi connectivity index (χ0n) is 14.2. The summed E-state index contributed by atoms with van der Waals surface area (Å²) in [5.74, 6) is 0. The van der Waals surface area contributed by atoms with Crippen LogP contribution in [-0.4, -0.2) is 16.4 Å². The summed E-state index contributed by atoms with van der Waals surface area (Å²) in [4.78, 5) is 8.51. The summed E-state index contributed by atoms with van der Waals surface area (Å²) in [6, 6.07) is 26.1. The number of hydrogen-bond acceptors (Lipinski definition) is 3. The molecule has 2 heterocycles. The molecule has 1 fully saturated rings. The Bertz CT molecular complexity index is 787. The predicted molar refractivity (Wildman–Crippen MR) is 104 cm³/mol. The minimum atomic E-state index is 0.489. The average molecular weight is 346 g/mol. The predicted octanol–water partition coefficient (Wildman–Crippen LogP) is 5.57. The molecule has 4 rings (SSSR count). The van der Waals surface area contributed by atoms with Crippen LogP contribution in [0.4, 0.5) is 0 Å². The average Bonchev–Trinajstić information content (AvgIpc) is 3.12. The van der Waals surface area contributed by atoms with E-state index in [4.69, 9.17) is 4.98 Å². The maximum Gasteiger partial charge on any atom is 0.101 e. The first kappa shape index (κ1) is 16.4. The van der Waals surface area contributed by atoms with Gasteiger partial charge in [-0.3, -0.25) is 4.90 Å². The summed E-state index contributed by atoms with van der Waals surface area (Å²) in [6.45, 7) is 2.19. The van der Waals surface area contributed by atoms with Crippen molar-refractivity contribution in [3.8, 4) is 0 Å². The molecule has 25 heavy (non-hydrogen) atoms. The highest BCUT2D eigenvalue weighted by Gasteiger charge is 2.26. The first-order valence-corrected chi connectivity index (χ1v) is 9.67. The van der Waals surface area contributed by atoms with Crippen LogP contribution in [0.2, 0.25) is 0 Å². The summed E-state index contributed by atoms with van der Waals surface area (Å²) < 4.78 is 0. The van der Waals surface area contributed by atoms with E-state index in [-0.39, 0.29) is 0 Å². The number of aromatic nitrogens is 1. The van der Waals surface area contributed by atoms with Gasteiger partial charge in [0.25, 0.3) is 0 Å². The van der Waals surface area contributed by atoms with Crippen LogP contribution in [-0.2, 0) is 6.54 Å². The van der Waals surface area contributed by atoms with E-state index in [0.717, 1.165) is 11.6 Å². The van der Waals surface area contributed by atoms with Crippen LogP contribution in [0.5, 0.6) is 0 Å². The van der Waals surface area contributed by atoms with Gasteiger partial charge < -0.3 is 0 Å². The van der Waals surface area contributed by atoms with E-state index in [1.807, 2.05) is 6.07 Å². The third-order valence-electron chi connectivity index (χ3n) is 4.70. The normalized spacial score (nSPS) is 17.7. The Kier molecular flexibility index (Phi) is 5.14. The Morgan fingerprint density at radius 1 is 0.920 bits per heavy atom. The van der Waals surface area contributed by atoms with Gasteiger partial charge in [0, 0.05) is 23.7 Å². The lowest BCUT2D eigenvalue weighted by molar-refractivity contribution is 0.248. The molecule has 0 radical (unpaired) electrons. The molecular formula is C22H22N2S. The van der Waals surface area contributed by atoms with E-state index in [9.17, 15) is 0 Å². The van der Waals surface area contributed by atoms with Crippen molar-refractivity contribution >= 4 is 11.8 Å². The molecule has 3 aromatic rings. The summed E-state index contributed by atoms with van der Waals surface area (Å²) in [5.41, 5.74) is 2.73. The van der Waals surface area contributed by atoms with E-state index in [1.54, 1.807) is 11.8 Å². The van der Waals surface area contributed by atoms with Crippen LogP contribution in [0.1, 0.15) is 30.0 Å². The van der Waals surface area contributed by atoms with Crippen LogP contribution in [0.25, 0.3) is 0 Å². The van der Waals surface area contributed by atoms with E-state index in [2.05, 4.69) is 77.8 Å². The lowest BCUT2D eigenvalue weighted by Gasteiger charge is -2.24. The van der Waals surface area contributed by atoms with Crippen molar-refractivity contribution in [3.05, 3.63) is 90.1 Å². The van der Waals surface area contributed by atoms with E-state index in [0.29, 0.717) is 6.04 Å². The Balaban J connectivity index is 1.45. The second kappa shape index (κ2) is 7.85. The lowest BCUT2D eigenvalue weighted by Crippen LogP contribution is -2.22. The molecule has 3 heteroatoms. The molecule has 0 amide bonds. The maximum atomic E-state index is 4.70. The fourth-order valence-electron chi connectivity index (χ4n) is 3.47. The highest BCUT2D eigenvalue weighted by atomic mass is 32.2. The fraction of sp³-hybridized carbons (Fsp3) is 0.227. The molecule has 1 atom stereocenters. The summed E-state index contributed by atoms with van der Waals surface area (Å²) in [5, 5.41) is 1.06. The first-order valence-electron chi connectivity index (χ1n) is 8.85. The number of likely N-dealkylation sites (tertiary alicyclic amines) is 1. The molecule has 0 unspecified atom stereocenters. The van der Waals surface area contributed by atoms with Gasteiger partial charge in [0.2, 0.25) is 0 Å². The Morgan fingerprint density at radius 2 is 1.68 bits per heavy atom. The van der Waals surface area contributed by atoms with E-state index in [1.165, 1.54) is 35.4 Å². The molecule has 126 valence electrons. The van der Waals surface area contributed by atoms with Crippen molar-refractivity contribution in [2.24, 2.45) is 0 Å². The molecule has 0 spiro atoms. The Hall–Kier alpha value is -2.10. The van der Waals surface area contributed by atoms with Crippen molar-refractivity contribution in [2.75, 3.05) is 6.54 Å². The van der Waals surface area contributed by atoms with Gasteiger partial charge in [-0.25, -0.2) is 4.98 Å². The van der Waals surface area contributed by atoms with E-state index >= 15 is 0 Å². The third kappa shape index (κ3) is 4.12.